The predicted octanol–water partition coefficient (Wildman–Crippen LogP) is 6.44. The number of fused-ring (bicyclic) bond motifs is 1. The number of hydrogen-bond acceptors (Lipinski definition) is 8. The van der Waals surface area contributed by atoms with Gasteiger partial charge in [0.25, 0.3) is 0 Å². The van der Waals surface area contributed by atoms with Gasteiger partial charge in [-0.1, -0.05) is 90.0 Å². The summed E-state index contributed by atoms with van der Waals surface area (Å²) in [6.07, 6.45) is 9.78. The molecule has 0 spiro atoms. The fourth-order valence-electron chi connectivity index (χ4n) is 5.48. The number of benzene rings is 1. The molecule has 10 nitrogen and oxygen atoms in total. The van der Waals surface area contributed by atoms with Crippen molar-refractivity contribution in [2.75, 3.05) is 18.6 Å². The number of primary sulfonamides is 1. The highest BCUT2D eigenvalue weighted by Crippen LogP contribution is 2.42. The Hall–Kier alpha value is -2.56. The Labute approximate surface area is 273 Å². The molecule has 0 saturated carbocycles. The van der Waals surface area contributed by atoms with Gasteiger partial charge in [0, 0.05) is 18.4 Å². The number of H-pyrrole nitrogens is 1. The van der Waals surface area contributed by atoms with E-state index < -0.39 is 54.7 Å². The number of aromatic nitrogens is 3. The van der Waals surface area contributed by atoms with Crippen molar-refractivity contribution in [1.82, 2.24) is 20.5 Å². The van der Waals surface area contributed by atoms with Crippen LogP contribution in [0.1, 0.15) is 101 Å². The van der Waals surface area contributed by atoms with Crippen LogP contribution in [-0.2, 0) is 35.6 Å². The van der Waals surface area contributed by atoms with Crippen molar-refractivity contribution >= 4 is 47.3 Å². The number of nitrogens with two attached hydrogens (primary N) is 1. The van der Waals surface area contributed by atoms with E-state index in [1.54, 1.807) is 0 Å². The lowest BCUT2D eigenvalue weighted by Gasteiger charge is -2.29. The Balaban J connectivity index is 1.83. The largest absolute Gasteiger partial charge is 0.433 e. The quantitative estimate of drug-likeness (QED) is 0.114. The molecule has 0 aliphatic heterocycles. The van der Waals surface area contributed by atoms with E-state index in [1.807, 2.05) is 5.10 Å². The van der Waals surface area contributed by atoms with Crippen LogP contribution in [-0.4, -0.2) is 56.5 Å². The van der Waals surface area contributed by atoms with Gasteiger partial charge in [0.15, 0.2) is 9.84 Å². The number of thiazole rings is 1. The standard InChI is InChI=1S/C30H44F3N5O5S3/c1-3-4-5-6-7-8-9-10-11-12-13-14-17-29(45(2,40)41,27(39)35-18-19-46(34,42)43)28-37-24-16-15-22(20-25(24)44-28)23-21-36-38-26(23)30(31,32)33/h15-16,20-21H,3-14,17-19H2,1-2H3,(H,35,39)(H,36,38)(H2,34,42,43). The molecule has 0 aliphatic rings. The van der Waals surface area contributed by atoms with Gasteiger partial charge in [-0.3, -0.25) is 9.89 Å². The summed E-state index contributed by atoms with van der Waals surface area (Å²) in [5, 5.41) is 13.0. The first-order chi connectivity index (χ1) is 21.6. The second-order valence-electron chi connectivity index (χ2n) is 11.7. The molecule has 0 aliphatic carbocycles. The SMILES string of the molecule is CCCCCCCCCCCCCCC(C(=O)NCCS(N)(=O)=O)(c1nc2ccc(-c3cn[nH]c3C(F)(F)F)cc2s1)S(C)(=O)=O. The molecule has 1 unspecified atom stereocenters. The van der Waals surface area contributed by atoms with Crippen LogP contribution in [0.2, 0.25) is 0 Å². The second kappa shape index (κ2) is 16.5. The van der Waals surface area contributed by atoms with Crippen molar-refractivity contribution in [1.29, 1.82) is 0 Å². The molecule has 0 saturated heterocycles. The molecule has 1 amide bonds. The van der Waals surface area contributed by atoms with Crippen LogP contribution < -0.4 is 10.5 Å². The summed E-state index contributed by atoms with van der Waals surface area (Å²) in [6.45, 7) is 1.79. The van der Waals surface area contributed by atoms with Gasteiger partial charge in [-0.25, -0.2) is 27.0 Å². The van der Waals surface area contributed by atoms with Crippen molar-refractivity contribution in [2.24, 2.45) is 5.14 Å². The summed E-state index contributed by atoms with van der Waals surface area (Å²) in [4.78, 5) is 18.2. The minimum atomic E-state index is -4.67. The minimum absolute atomic E-state index is 0.0402. The van der Waals surface area contributed by atoms with Gasteiger partial charge in [0.1, 0.15) is 10.7 Å². The summed E-state index contributed by atoms with van der Waals surface area (Å²) in [7, 11) is -8.13. The zero-order valence-corrected chi connectivity index (χ0v) is 28.7. The lowest BCUT2D eigenvalue weighted by atomic mass is 9.98. The fourth-order valence-corrected chi connectivity index (χ4v) is 8.85. The van der Waals surface area contributed by atoms with Gasteiger partial charge in [0.2, 0.25) is 20.7 Å². The lowest BCUT2D eigenvalue weighted by molar-refractivity contribution is -0.140. The first kappa shape index (κ1) is 37.9. The number of rotatable bonds is 20. The molecule has 3 rings (SSSR count). The average Bonchev–Trinajstić information content (AvgIpc) is 3.62. The van der Waals surface area contributed by atoms with Crippen molar-refractivity contribution < 1.29 is 34.8 Å². The van der Waals surface area contributed by atoms with Gasteiger partial charge in [-0.15, -0.1) is 11.3 Å². The van der Waals surface area contributed by atoms with E-state index in [2.05, 4.69) is 22.3 Å². The second-order valence-corrected chi connectivity index (χ2v) is 16.7. The molecule has 1 atom stereocenters. The van der Waals surface area contributed by atoms with E-state index in [9.17, 15) is 34.8 Å². The zero-order valence-electron chi connectivity index (χ0n) is 26.3. The van der Waals surface area contributed by atoms with Crippen LogP contribution in [0.15, 0.2) is 24.4 Å². The molecule has 16 heteroatoms. The molecule has 0 bridgehead atoms. The molecule has 4 N–H and O–H groups in total. The zero-order chi connectivity index (χ0) is 34.0. The van der Waals surface area contributed by atoms with Crippen molar-refractivity contribution in [2.45, 2.75) is 101 Å². The third-order valence-corrected chi connectivity index (χ3v) is 12.0. The van der Waals surface area contributed by atoms with E-state index in [4.69, 9.17) is 5.14 Å². The maximum atomic E-state index is 13.7. The number of nitrogens with zero attached hydrogens (tertiary/aromatic N) is 2. The Morgan fingerprint density at radius 2 is 1.54 bits per heavy atom. The van der Waals surface area contributed by atoms with Crippen molar-refractivity contribution in [3.63, 3.8) is 0 Å². The third kappa shape index (κ3) is 10.2. The van der Waals surface area contributed by atoms with Gasteiger partial charge in [-0.05, 0) is 24.1 Å². The summed E-state index contributed by atoms with van der Waals surface area (Å²) in [6, 6.07) is 4.34. The number of sulfone groups is 1. The molecule has 2 heterocycles. The number of unbranched alkanes of at least 4 members (excludes halogenated alkanes) is 11. The van der Waals surface area contributed by atoms with Crippen LogP contribution in [0.3, 0.4) is 0 Å². The number of halogens is 3. The molecule has 0 radical (unpaired) electrons. The number of sulfonamides is 1. The number of carbonyl (C=O) groups excluding carboxylic acids is 1. The molecule has 3 aromatic rings. The Bertz CT molecular complexity index is 1660. The molecule has 46 heavy (non-hydrogen) atoms. The fraction of sp³-hybridized carbons (Fsp3) is 0.633. The van der Waals surface area contributed by atoms with E-state index >= 15 is 0 Å². The number of hydrogen-bond donors (Lipinski definition) is 3. The summed E-state index contributed by atoms with van der Waals surface area (Å²) >= 11 is 0.902. The summed E-state index contributed by atoms with van der Waals surface area (Å²) < 4.78 is 88.7. The van der Waals surface area contributed by atoms with Crippen LogP contribution >= 0.6 is 11.3 Å². The van der Waals surface area contributed by atoms with E-state index in [-0.39, 0.29) is 22.6 Å². The van der Waals surface area contributed by atoms with E-state index in [0.29, 0.717) is 23.1 Å². The van der Waals surface area contributed by atoms with Gasteiger partial charge in [0.05, 0.1) is 22.2 Å². The molecule has 258 valence electrons. The predicted molar refractivity (Wildman–Crippen MR) is 175 cm³/mol. The third-order valence-electron chi connectivity index (χ3n) is 8.02. The smallest absolute Gasteiger partial charge is 0.353 e. The Morgan fingerprint density at radius 3 is 2.09 bits per heavy atom. The normalized spacial score (nSPS) is 14.0. The highest BCUT2D eigenvalue weighted by atomic mass is 32.2. The highest BCUT2D eigenvalue weighted by molar-refractivity contribution is 7.92. The number of carbonyl (C=O) groups is 1. The van der Waals surface area contributed by atoms with Crippen LogP contribution in [0.25, 0.3) is 21.3 Å². The first-order valence-corrected chi connectivity index (χ1v) is 20.0. The van der Waals surface area contributed by atoms with Gasteiger partial charge >= 0.3 is 6.18 Å². The first-order valence-electron chi connectivity index (χ1n) is 15.6. The lowest BCUT2D eigenvalue weighted by Crippen LogP contribution is -2.50. The van der Waals surface area contributed by atoms with Crippen LogP contribution in [0.4, 0.5) is 13.2 Å². The molecular formula is C30H44F3N5O5S3. The summed E-state index contributed by atoms with van der Waals surface area (Å²) in [5.41, 5.74) is -0.715. The van der Waals surface area contributed by atoms with E-state index in [0.717, 1.165) is 49.5 Å². The number of aromatic amines is 1. The van der Waals surface area contributed by atoms with Gasteiger partial charge < -0.3 is 5.32 Å². The van der Waals surface area contributed by atoms with Crippen molar-refractivity contribution in [3.05, 3.63) is 35.1 Å². The molecular weight excluding hydrogens is 664 g/mol. The summed E-state index contributed by atoms with van der Waals surface area (Å²) in [5.74, 6) is -1.51. The molecule has 0 fully saturated rings. The molecule has 1 aromatic carbocycles. The number of alkyl halides is 3. The maximum Gasteiger partial charge on any atom is 0.433 e. The van der Waals surface area contributed by atoms with Gasteiger partial charge in [-0.2, -0.15) is 18.3 Å². The van der Waals surface area contributed by atoms with E-state index in [1.165, 1.54) is 56.7 Å². The Kier molecular flexibility index (Phi) is 13.6. The monoisotopic (exact) mass is 707 g/mol. The number of amides is 1. The highest BCUT2D eigenvalue weighted by Gasteiger charge is 2.52. The number of nitrogens with one attached hydrogen (secondary N) is 2. The Morgan fingerprint density at radius 1 is 0.957 bits per heavy atom. The van der Waals surface area contributed by atoms with Crippen molar-refractivity contribution in [3.8, 4) is 11.1 Å². The van der Waals surface area contributed by atoms with Crippen LogP contribution in [0.5, 0.6) is 0 Å². The maximum absolute atomic E-state index is 13.7. The average molecular weight is 708 g/mol. The minimum Gasteiger partial charge on any atom is -0.353 e. The topological polar surface area (TPSA) is 165 Å². The van der Waals surface area contributed by atoms with Crippen LogP contribution in [0, 0.1) is 0 Å². The molecule has 2 aromatic heterocycles.